The maximum Gasteiger partial charge on any atom is 0.308 e. The van der Waals surface area contributed by atoms with E-state index in [2.05, 4.69) is 0 Å². The Bertz CT molecular complexity index is 785. The Kier molecular flexibility index (Phi) is 4.88. The van der Waals surface area contributed by atoms with Gasteiger partial charge in [-0.15, -0.1) is 0 Å². The molecule has 3 rings (SSSR count). The molecule has 1 saturated heterocycles. The molecule has 2 aromatic carbocycles. The molecule has 130 valence electrons. The molecule has 0 bridgehead atoms. The minimum Gasteiger partial charge on any atom is -0.481 e. The maximum atomic E-state index is 12.8. The summed E-state index contributed by atoms with van der Waals surface area (Å²) in [7, 11) is 0. The number of carboxylic acids is 1. The predicted octanol–water partition coefficient (Wildman–Crippen LogP) is 3.17. The van der Waals surface area contributed by atoms with Gasteiger partial charge >= 0.3 is 5.97 Å². The molecule has 0 spiro atoms. The first-order valence-corrected chi connectivity index (χ1v) is 8.57. The van der Waals surface area contributed by atoms with Crippen molar-refractivity contribution in [3.05, 3.63) is 70.8 Å². The largest absolute Gasteiger partial charge is 0.481 e. The summed E-state index contributed by atoms with van der Waals surface area (Å²) in [6.07, 6.45) is 0.321. The Morgan fingerprint density at radius 2 is 1.80 bits per heavy atom. The highest BCUT2D eigenvalue weighted by atomic mass is 16.4. The van der Waals surface area contributed by atoms with Gasteiger partial charge in [-0.2, -0.15) is 0 Å². The Morgan fingerprint density at radius 1 is 1.08 bits per heavy atom. The van der Waals surface area contributed by atoms with Gasteiger partial charge in [0.2, 0.25) is 5.91 Å². The normalized spacial score (nSPS) is 19.8. The number of carbonyl (C=O) groups is 2. The molecular formula is C21H23NO3. The number of hydrogen-bond donors (Lipinski definition) is 1. The standard InChI is InChI=1S/C21H23NO3/c1-14-8-9-15(2)17(10-14)11-20(23)22-12-18(19(13-22)21(24)25)16-6-4-3-5-7-16/h3-10,18-19H,11-13H2,1-2H3,(H,24,25). The molecule has 0 aliphatic carbocycles. The second kappa shape index (κ2) is 7.09. The summed E-state index contributed by atoms with van der Waals surface area (Å²) in [6, 6.07) is 15.7. The fourth-order valence-corrected chi connectivity index (χ4v) is 3.56. The van der Waals surface area contributed by atoms with Crippen LogP contribution in [0, 0.1) is 19.8 Å². The first kappa shape index (κ1) is 17.2. The summed E-state index contributed by atoms with van der Waals surface area (Å²) in [4.78, 5) is 26.1. The summed E-state index contributed by atoms with van der Waals surface area (Å²) < 4.78 is 0. The van der Waals surface area contributed by atoms with Crippen molar-refractivity contribution < 1.29 is 14.7 Å². The van der Waals surface area contributed by atoms with E-state index >= 15 is 0 Å². The zero-order valence-corrected chi connectivity index (χ0v) is 14.6. The van der Waals surface area contributed by atoms with Crippen LogP contribution in [-0.2, 0) is 16.0 Å². The van der Waals surface area contributed by atoms with Crippen molar-refractivity contribution in [1.82, 2.24) is 4.90 Å². The van der Waals surface area contributed by atoms with Crippen LogP contribution in [0.2, 0.25) is 0 Å². The minimum atomic E-state index is -0.837. The highest BCUT2D eigenvalue weighted by Gasteiger charge is 2.40. The highest BCUT2D eigenvalue weighted by Crippen LogP contribution is 2.33. The molecule has 1 aliphatic rings. The third-order valence-electron chi connectivity index (χ3n) is 5.06. The summed E-state index contributed by atoms with van der Waals surface area (Å²) in [6.45, 7) is 4.75. The van der Waals surface area contributed by atoms with E-state index in [4.69, 9.17) is 0 Å². The summed E-state index contributed by atoms with van der Waals surface area (Å²) in [5.41, 5.74) is 4.21. The fraction of sp³-hybridized carbons (Fsp3) is 0.333. The van der Waals surface area contributed by atoms with Gasteiger partial charge < -0.3 is 10.0 Å². The number of amides is 1. The van der Waals surface area contributed by atoms with E-state index in [1.54, 1.807) is 4.90 Å². The molecule has 2 atom stereocenters. The molecule has 1 fully saturated rings. The van der Waals surface area contributed by atoms with E-state index in [9.17, 15) is 14.7 Å². The number of aliphatic carboxylic acids is 1. The molecule has 2 unspecified atom stereocenters. The lowest BCUT2D eigenvalue weighted by Crippen LogP contribution is -2.31. The van der Waals surface area contributed by atoms with E-state index in [-0.39, 0.29) is 18.4 Å². The molecule has 2 aromatic rings. The lowest BCUT2D eigenvalue weighted by molar-refractivity contribution is -0.141. The van der Waals surface area contributed by atoms with Crippen LogP contribution in [0.1, 0.15) is 28.2 Å². The fourth-order valence-electron chi connectivity index (χ4n) is 3.56. The van der Waals surface area contributed by atoms with Crippen molar-refractivity contribution in [3.63, 3.8) is 0 Å². The molecular weight excluding hydrogens is 314 g/mol. The second-order valence-corrected chi connectivity index (χ2v) is 6.87. The number of rotatable bonds is 4. The monoisotopic (exact) mass is 337 g/mol. The Balaban J connectivity index is 1.78. The van der Waals surface area contributed by atoms with Gasteiger partial charge in [-0.25, -0.2) is 0 Å². The van der Waals surface area contributed by atoms with Crippen LogP contribution in [0.15, 0.2) is 48.5 Å². The maximum absolute atomic E-state index is 12.8. The van der Waals surface area contributed by atoms with Gasteiger partial charge in [0.05, 0.1) is 12.3 Å². The number of nitrogens with zero attached hydrogens (tertiary/aromatic N) is 1. The summed E-state index contributed by atoms with van der Waals surface area (Å²) in [5, 5.41) is 9.58. The van der Waals surface area contributed by atoms with Crippen LogP contribution < -0.4 is 0 Å². The van der Waals surface area contributed by atoms with Crippen LogP contribution in [-0.4, -0.2) is 35.0 Å². The Labute approximate surface area is 148 Å². The zero-order chi connectivity index (χ0) is 18.0. The number of hydrogen-bond acceptors (Lipinski definition) is 2. The summed E-state index contributed by atoms with van der Waals surface area (Å²) >= 11 is 0. The van der Waals surface area contributed by atoms with Crippen molar-refractivity contribution in [1.29, 1.82) is 0 Å². The van der Waals surface area contributed by atoms with Crippen molar-refractivity contribution in [2.45, 2.75) is 26.2 Å². The van der Waals surface area contributed by atoms with Crippen LogP contribution in [0.3, 0.4) is 0 Å². The van der Waals surface area contributed by atoms with E-state index in [0.29, 0.717) is 13.0 Å². The van der Waals surface area contributed by atoms with Crippen LogP contribution in [0.25, 0.3) is 0 Å². The lowest BCUT2D eigenvalue weighted by Gasteiger charge is -2.17. The number of carbonyl (C=O) groups excluding carboxylic acids is 1. The van der Waals surface area contributed by atoms with Gasteiger partial charge in [-0.3, -0.25) is 9.59 Å². The van der Waals surface area contributed by atoms with Crippen molar-refractivity contribution in [2.24, 2.45) is 5.92 Å². The third-order valence-corrected chi connectivity index (χ3v) is 5.06. The van der Waals surface area contributed by atoms with Crippen LogP contribution >= 0.6 is 0 Å². The van der Waals surface area contributed by atoms with Gasteiger partial charge in [0.1, 0.15) is 0 Å². The van der Waals surface area contributed by atoms with E-state index in [1.165, 1.54) is 0 Å². The number of benzene rings is 2. The zero-order valence-electron chi connectivity index (χ0n) is 14.6. The molecule has 0 radical (unpaired) electrons. The summed E-state index contributed by atoms with van der Waals surface area (Å²) in [5.74, 6) is -1.54. The van der Waals surface area contributed by atoms with Crippen LogP contribution in [0.5, 0.6) is 0 Å². The molecule has 0 aromatic heterocycles. The SMILES string of the molecule is Cc1ccc(C)c(CC(=O)N2CC(C(=O)O)C(c3ccccc3)C2)c1. The number of likely N-dealkylation sites (tertiary alicyclic amines) is 1. The molecule has 1 aliphatic heterocycles. The third kappa shape index (κ3) is 3.73. The first-order valence-electron chi connectivity index (χ1n) is 8.57. The van der Waals surface area contributed by atoms with E-state index < -0.39 is 11.9 Å². The number of carboxylic acid groups (broad SMARTS) is 1. The molecule has 4 nitrogen and oxygen atoms in total. The Hall–Kier alpha value is -2.62. The van der Waals surface area contributed by atoms with Crippen molar-refractivity contribution >= 4 is 11.9 Å². The smallest absolute Gasteiger partial charge is 0.308 e. The molecule has 0 saturated carbocycles. The van der Waals surface area contributed by atoms with E-state index in [1.807, 2.05) is 62.4 Å². The average Bonchev–Trinajstić information content (AvgIpc) is 3.05. The molecule has 4 heteroatoms. The highest BCUT2D eigenvalue weighted by molar-refractivity contribution is 5.81. The van der Waals surface area contributed by atoms with Crippen molar-refractivity contribution in [2.75, 3.05) is 13.1 Å². The molecule has 1 amide bonds. The molecule has 1 heterocycles. The van der Waals surface area contributed by atoms with Gasteiger partial charge in [0.15, 0.2) is 0 Å². The van der Waals surface area contributed by atoms with Gasteiger partial charge in [-0.1, -0.05) is 54.1 Å². The van der Waals surface area contributed by atoms with E-state index in [0.717, 1.165) is 22.3 Å². The quantitative estimate of drug-likeness (QED) is 0.932. The van der Waals surface area contributed by atoms with Gasteiger partial charge in [0.25, 0.3) is 0 Å². The minimum absolute atomic E-state index is 0.00150. The predicted molar refractivity (Wildman–Crippen MR) is 96.5 cm³/mol. The second-order valence-electron chi connectivity index (χ2n) is 6.87. The molecule has 1 N–H and O–H groups in total. The van der Waals surface area contributed by atoms with Gasteiger partial charge in [0, 0.05) is 19.0 Å². The van der Waals surface area contributed by atoms with Crippen molar-refractivity contribution in [3.8, 4) is 0 Å². The first-order chi connectivity index (χ1) is 12.0. The Morgan fingerprint density at radius 3 is 2.48 bits per heavy atom. The molecule has 25 heavy (non-hydrogen) atoms. The number of aryl methyl sites for hydroxylation is 2. The average molecular weight is 337 g/mol. The topological polar surface area (TPSA) is 57.6 Å². The van der Waals surface area contributed by atoms with Gasteiger partial charge in [-0.05, 0) is 30.5 Å². The van der Waals surface area contributed by atoms with Crippen LogP contribution in [0.4, 0.5) is 0 Å². The lowest BCUT2D eigenvalue weighted by atomic mass is 9.89.